The molecule has 0 aliphatic carbocycles. The third-order valence-corrected chi connectivity index (χ3v) is 4.21. The molecule has 1 N–H and O–H groups in total. The fraction of sp³-hybridized carbons (Fsp3) is 0.154. The Morgan fingerprint density at radius 1 is 1.32 bits per heavy atom. The summed E-state index contributed by atoms with van der Waals surface area (Å²) in [5, 5.41) is 16.5. The Morgan fingerprint density at radius 3 is 2.73 bits per heavy atom. The molecule has 22 heavy (non-hydrogen) atoms. The molecule has 7 nitrogen and oxygen atoms in total. The smallest absolute Gasteiger partial charge is 0.269 e. The summed E-state index contributed by atoms with van der Waals surface area (Å²) in [6.07, 6.45) is 1.74. The lowest BCUT2D eigenvalue weighted by molar-refractivity contribution is -0.384. The molecule has 1 aromatic carbocycles. The van der Waals surface area contributed by atoms with Gasteiger partial charge in [-0.25, -0.2) is 0 Å². The van der Waals surface area contributed by atoms with E-state index in [0.717, 1.165) is 21.4 Å². The molecule has 0 unspecified atom stereocenters. The molecule has 1 aliphatic heterocycles. The van der Waals surface area contributed by atoms with E-state index in [1.54, 1.807) is 34.9 Å². The van der Waals surface area contributed by atoms with Crippen LogP contribution in [0.2, 0.25) is 4.34 Å². The lowest BCUT2D eigenvalue weighted by atomic mass is 10.3. The molecule has 1 aromatic heterocycles. The monoisotopic (exact) mass is 337 g/mol. The molecule has 0 saturated carbocycles. The number of hydrazine groups is 1. The van der Waals surface area contributed by atoms with Crippen molar-refractivity contribution >= 4 is 40.7 Å². The number of nitro benzene ring substituents is 1. The molecule has 0 radical (unpaired) electrons. The molecule has 0 spiro atoms. The Bertz CT molecular complexity index is 703. The van der Waals surface area contributed by atoms with Crippen molar-refractivity contribution in [2.24, 2.45) is 5.10 Å². The maximum absolute atomic E-state index is 10.6. The number of nitro groups is 1. The third-order valence-electron chi connectivity index (χ3n) is 2.99. The van der Waals surface area contributed by atoms with Crippen molar-refractivity contribution in [1.82, 2.24) is 10.0 Å². The molecule has 1 aliphatic rings. The number of nitrogens with zero attached hydrogens (tertiary/aromatic N) is 4. The van der Waals surface area contributed by atoms with E-state index >= 15 is 0 Å². The maximum Gasteiger partial charge on any atom is 0.269 e. The number of non-ortho nitro benzene ring substituents is 1. The Kier molecular flexibility index (Phi) is 4.12. The number of nitrogens with one attached hydrogen (secondary N) is 1. The van der Waals surface area contributed by atoms with Crippen LogP contribution >= 0.6 is 22.9 Å². The van der Waals surface area contributed by atoms with E-state index in [4.69, 9.17) is 11.6 Å². The SMILES string of the molecule is O=[N+]([O-])c1ccc(NN2CN(Cc3ccc(Cl)s3)C=N2)cc1. The van der Waals surface area contributed by atoms with Gasteiger partial charge in [-0.1, -0.05) is 11.6 Å². The summed E-state index contributed by atoms with van der Waals surface area (Å²) in [5.74, 6) is 0. The highest BCUT2D eigenvalue weighted by atomic mass is 35.5. The van der Waals surface area contributed by atoms with E-state index < -0.39 is 4.92 Å². The topological polar surface area (TPSA) is 74.0 Å². The van der Waals surface area contributed by atoms with Crippen molar-refractivity contribution in [3.63, 3.8) is 0 Å². The minimum Gasteiger partial charge on any atom is -0.335 e. The van der Waals surface area contributed by atoms with Crippen LogP contribution in [-0.2, 0) is 6.54 Å². The van der Waals surface area contributed by atoms with Crippen molar-refractivity contribution < 1.29 is 4.92 Å². The highest BCUT2D eigenvalue weighted by molar-refractivity contribution is 7.16. The van der Waals surface area contributed by atoms with Gasteiger partial charge in [-0.15, -0.1) is 16.4 Å². The van der Waals surface area contributed by atoms with Crippen molar-refractivity contribution in [3.05, 3.63) is 55.7 Å². The van der Waals surface area contributed by atoms with E-state index in [2.05, 4.69) is 10.5 Å². The first kappa shape index (κ1) is 14.6. The lowest BCUT2D eigenvalue weighted by Crippen LogP contribution is -2.29. The van der Waals surface area contributed by atoms with Crippen LogP contribution in [-0.4, -0.2) is 27.9 Å². The number of thiophene rings is 1. The number of hydrogen-bond acceptors (Lipinski definition) is 7. The van der Waals surface area contributed by atoms with Crippen molar-refractivity contribution in [2.45, 2.75) is 6.54 Å². The number of anilines is 1. The number of hydrazone groups is 1. The second-order valence-electron chi connectivity index (χ2n) is 4.64. The average molecular weight is 338 g/mol. The summed E-state index contributed by atoms with van der Waals surface area (Å²) in [5.41, 5.74) is 3.88. The number of halogens is 1. The van der Waals surface area contributed by atoms with Crippen LogP contribution in [0.5, 0.6) is 0 Å². The zero-order valence-electron chi connectivity index (χ0n) is 11.3. The first-order valence-electron chi connectivity index (χ1n) is 6.41. The molecule has 0 saturated heterocycles. The molecule has 9 heteroatoms. The van der Waals surface area contributed by atoms with E-state index in [1.165, 1.54) is 12.1 Å². The van der Waals surface area contributed by atoms with Gasteiger partial charge in [-0.3, -0.25) is 15.5 Å². The van der Waals surface area contributed by atoms with Gasteiger partial charge >= 0.3 is 0 Å². The molecule has 0 bridgehead atoms. The fourth-order valence-corrected chi connectivity index (χ4v) is 3.09. The quantitative estimate of drug-likeness (QED) is 0.669. The van der Waals surface area contributed by atoms with Crippen molar-refractivity contribution in [3.8, 4) is 0 Å². The normalized spacial score (nSPS) is 13.7. The summed E-state index contributed by atoms with van der Waals surface area (Å²) in [6, 6.07) is 10.1. The summed E-state index contributed by atoms with van der Waals surface area (Å²) in [4.78, 5) is 13.4. The van der Waals surface area contributed by atoms with Crippen LogP contribution in [0.15, 0.2) is 41.5 Å². The van der Waals surface area contributed by atoms with Gasteiger partial charge in [0.1, 0.15) is 13.0 Å². The molecular formula is C13H12ClN5O2S. The standard InChI is InChI=1S/C13H12ClN5O2S/c14-13-6-5-12(22-13)7-17-8-15-18(9-17)16-10-1-3-11(4-2-10)19(20)21/h1-6,8,16H,7,9H2. The van der Waals surface area contributed by atoms with Gasteiger partial charge in [0.05, 0.1) is 21.5 Å². The van der Waals surface area contributed by atoms with E-state index in [-0.39, 0.29) is 5.69 Å². The molecule has 0 amide bonds. The van der Waals surface area contributed by atoms with Gasteiger partial charge in [-0.2, -0.15) is 5.12 Å². The molecule has 114 valence electrons. The van der Waals surface area contributed by atoms with Gasteiger partial charge in [0.15, 0.2) is 0 Å². The predicted molar refractivity (Wildman–Crippen MR) is 86.8 cm³/mol. The Morgan fingerprint density at radius 2 is 2.09 bits per heavy atom. The second kappa shape index (κ2) is 6.20. The zero-order chi connectivity index (χ0) is 15.5. The molecule has 2 aromatic rings. The van der Waals surface area contributed by atoms with E-state index in [9.17, 15) is 10.1 Å². The summed E-state index contributed by atoms with van der Waals surface area (Å²) < 4.78 is 0.770. The first-order chi connectivity index (χ1) is 10.6. The Balaban J connectivity index is 1.54. The summed E-state index contributed by atoms with van der Waals surface area (Å²) in [6.45, 7) is 1.31. The van der Waals surface area contributed by atoms with Gasteiger partial charge in [0, 0.05) is 17.0 Å². The van der Waals surface area contributed by atoms with Gasteiger partial charge in [0.2, 0.25) is 0 Å². The van der Waals surface area contributed by atoms with Crippen LogP contribution in [0.25, 0.3) is 0 Å². The van der Waals surface area contributed by atoms with Crippen LogP contribution in [0.4, 0.5) is 11.4 Å². The zero-order valence-corrected chi connectivity index (χ0v) is 12.9. The molecule has 2 heterocycles. The Labute approximate surface area is 135 Å². The number of hydrogen-bond donors (Lipinski definition) is 1. The van der Waals surface area contributed by atoms with Crippen LogP contribution in [0.3, 0.4) is 0 Å². The minimum atomic E-state index is -0.425. The third kappa shape index (κ3) is 3.46. The average Bonchev–Trinajstić information content (AvgIpc) is 3.09. The Hall–Kier alpha value is -2.32. The summed E-state index contributed by atoms with van der Waals surface area (Å²) in [7, 11) is 0. The fourth-order valence-electron chi connectivity index (χ4n) is 1.98. The number of rotatable bonds is 5. The highest BCUT2D eigenvalue weighted by Gasteiger charge is 2.15. The largest absolute Gasteiger partial charge is 0.335 e. The minimum absolute atomic E-state index is 0.0617. The van der Waals surface area contributed by atoms with E-state index in [1.807, 2.05) is 17.0 Å². The summed E-state index contributed by atoms with van der Waals surface area (Å²) >= 11 is 7.46. The van der Waals surface area contributed by atoms with E-state index in [0.29, 0.717) is 6.67 Å². The highest BCUT2D eigenvalue weighted by Crippen LogP contribution is 2.23. The molecule has 0 fully saturated rings. The number of benzene rings is 1. The van der Waals surface area contributed by atoms with Crippen LogP contribution in [0, 0.1) is 10.1 Å². The predicted octanol–water partition coefficient (Wildman–Crippen LogP) is 3.36. The molecule has 0 atom stereocenters. The maximum atomic E-state index is 10.6. The van der Waals surface area contributed by atoms with Crippen LogP contribution in [0.1, 0.15) is 4.88 Å². The van der Waals surface area contributed by atoms with Gasteiger partial charge in [0.25, 0.3) is 5.69 Å². The van der Waals surface area contributed by atoms with Crippen LogP contribution < -0.4 is 5.43 Å². The second-order valence-corrected chi connectivity index (χ2v) is 6.44. The van der Waals surface area contributed by atoms with Gasteiger partial charge < -0.3 is 4.90 Å². The van der Waals surface area contributed by atoms with Gasteiger partial charge in [-0.05, 0) is 24.3 Å². The molecular weight excluding hydrogens is 326 g/mol. The lowest BCUT2D eigenvalue weighted by Gasteiger charge is -2.19. The van der Waals surface area contributed by atoms with Crippen molar-refractivity contribution in [2.75, 3.05) is 12.1 Å². The molecule has 3 rings (SSSR count). The first-order valence-corrected chi connectivity index (χ1v) is 7.60. The van der Waals surface area contributed by atoms with Crippen molar-refractivity contribution in [1.29, 1.82) is 0 Å².